The predicted molar refractivity (Wildman–Crippen MR) is 133 cm³/mol. The van der Waals surface area contributed by atoms with Crippen LogP contribution >= 0.6 is 0 Å². The summed E-state index contributed by atoms with van der Waals surface area (Å²) in [6, 6.07) is 0. The van der Waals surface area contributed by atoms with E-state index in [1.54, 1.807) is 5.57 Å². The monoisotopic (exact) mass is 428 g/mol. The zero-order valence-electron chi connectivity index (χ0n) is 21.8. The van der Waals surface area contributed by atoms with Crippen LogP contribution in [0.4, 0.5) is 0 Å². The Balaban J connectivity index is 1.47. The third-order valence-electron chi connectivity index (χ3n) is 11.5. The van der Waals surface area contributed by atoms with Crippen molar-refractivity contribution in [1.82, 2.24) is 0 Å². The number of hydrogen-bond acceptors (Lipinski definition) is 1. The van der Waals surface area contributed by atoms with Gasteiger partial charge in [-0.3, -0.25) is 0 Å². The molecule has 4 aliphatic rings. The van der Waals surface area contributed by atoms with Crippen molar-refractivity contribution >= 4 is 0 Å². The average Bonchev–Trinajstić information content (AvgIpc) is 3.05. The summed E-state index contributed by atoms with van der Waals surface area (Å²) < 4.78 is 0. The van der Waals surface area contributed by atoms with Gasteiger partial charge in [0.2, 0.25) is 0 Å². The second kappa shape index (κ2) is 8.81. The lowest BCUT2D eigenvalue weighted by molar-refractivity contribution is -0.0576. The third kappa shape index (κ3) is 4.08. The maximum absolute atomic E-state index is 10.3. The molecule has 31 heavy (non-hydrogen) atoms. The van der Waals surface area contributed by atoms with Gasteiger partial charge in [-0.1, -0.05) is 66.5 Å². The summed E-state index contributed by atoms with van der Waals surface area (Å²) in [5.41, 5.74) is 2.57. The van der Waals surface area contributed by atoms with Crippen molar-refractivity contribution in [3.63, 3.8) is 0 Å². The molecule has 4 aliphatic carbocycles. The Morgan fingerprint density at radius 2 is 1.61 bits per heavy atom. The van der Waals surface area contributed by atoms with Gasteiger partial charge >= 0.3 is 0 Å². The van der Waals surface area contributed by atoms with Gasteiger partial charge in [0.05, 0.1) is 6.10 Å². The molecule has 1 heteroatoms. The van der Waals surface area contributed by atoms with Crippen LogP contribution in [-0.2, 0) is 0 Å². The Morgan fingerprint density at radius 3 is 2.29 bits per heavy atom. The molecule has 1 N–H and O–H groups in total. The summed E-state index contributed by atoms with van der Waals surface area (Å²) in [4.78, 5) is 0. The van der Waals surface area contributed by atoms with Gasteiger partial charge in [-0.25, -0.2) is 0 Å². The van der Waals surface area contributed by atoms with Crippen LogP contribution in [0.3, 0.4) is 0 Å². The van der Waals surface area contributed by atoms with Crippen LogP contribution in [0.5, 0.6) is 0 Å². The molecule has 3 saturated carbocycles. The van der Waals surface area contributed by atoms with Gasteiger partial charge in [0.15, 0.2) is 0 Å². The van der Waals surface area contributed by atoms with Crippen molar-refractivity contribution in [2.75, 3.05) is 0 Å². The van der Waals surface area contributed by atoms with E-state index in [0.29, 0.717) is 10.8 Å². The molecule has 0 aromatic rings. The SMILES string of the molecule is CC(C)C(CC[C@H](C)[C@H]1CC[C@@H]2[C@H]3CC=C4C[C@@H](O)CC[C@]4(C)[C@@H]3CC[C@@]21C)C(C)C. The molecule has 4 rings (SSSR count). The van der Waals surface area contributed by atoms with Crippen molar-refractivity contribution in [2.45, 2.75) is 119 Å². The Kier molecular flexibility index (Phi) is 6.78. The molecule has 0 aromatic carbocycles. The van der Waals surface area contributed by atoms with Gasteiger partial charge in [-0.2, -0.15) is 0 Å². The zero-order valence-corrected chi connectivity index (χ0v) is 21.8. The normalized spacial score (nSPS) is 43.6. The fraction of sp³-hybridized carbons (Fsp3) is 0.933. The van der Waals surface area contributed by atoms with E-state index in [2.05, 4.69) is 54.5 Å². The van der Waals surface area contributed by atoms with Crippen molar-refractivity contribution in [1.29, 1.82) is 0 Å². The van der Waals surface area contributed by atoms with Gasteiger partial charge in [0.1, 0.15) is 0 Å². The van der Waals surface area contributed by atoms with E-state index in [4.69, 9.17) is 0 Å². The fourth-order valence-electron chi connectivity index (χ4n) is 9.71. The molecule has 0 unspecified atom stereocenters. The van der Waals surface area contributed by atoms with Crippen LogP contribution in [0.15, 0.2) is 11.6 Å². The number of rotatable bonds is 6. The first kappa shape index (κ1) is 23.8. The Morgan fingerprint density at radius 1 is 0.903 bits per heavy atom. The average molecular weight is 429 g/mol. The molecule has 0 aliphatic heterocycles. The maximum Gasteiger partial charge on any atom is 0.0577 e. The quantitative estimate of drug-likeness (QED) is 0.422. The van der Waals surface area contributed by atoms with Crippen LogP contribution in [0.1, 0.15) is 113 Å². The molecule has 0 radical (unpaired) electrons. The standard InChI is InChI=1S/C30H52O/c1-19(2)24(20(3)4)10-8-21(5)26-12-13-27-25-11-9-22-18-23(31)14-16-29(22,6)28(25)15-17-30(26,27)7/h9,19-21,23-28,31H,8,10-18H2,1-7H3/t21-,23-,25+,26+,27+,28+,29-,30+/m0/s1. The van der Waals surface area contributed by atoms with Crippen molar-refractivity contribution in [3.05, 3.63) is 11.6 Å². The highest BCUT2D eigenvalue weighted by molar-refractivity contribution is 5.25. The van der Waals surface area contributed by atoms with Gasteiger partial charge < -0.3 is 5.11 Å². The van der Waals surface area contributed by atoms with Crippen LogP contribution in [0, 0.1) is 58.2 Å². The number of allylic oxidation sites excluding steroid dienone is 1. The molecule has 3 fully saturated rings. The molecule has 0 saturated heterocycles. The van der Waals surface area contributed by atoms with Crippen molar-refractivity contribution < 1.29 is 5.11 Å². The first-order valence-electron chi connectivity index (χ1n) is 14.0. The topological polar surface area (TPSA) is 20.2 Å². The molecule has 0 spiro atoms. The smallest absolute Gasteiger partial charge is 0.0577 e. The number of aliphatic hydroxyl groups is 1. The van der Waals surface area contributed by atoms with Gasteiger partial charge in [-0.15, -0.1) is 0 Å². The minimum atomic E-state index is -0.0815. The van der Waals surface area contributed by atoms with E-state index >= 15 is 0 Å². The maximum atomic E-state index is 10.3. The number of hydrogen-bond donors (Lipinski definition) is 1. The Hall–Kier alpha value is -0.300. The van der Waals surface area contributed by atoms with Gasteiger partial charge in [0, 0.05) is 0 Å². The summed E-state index contributed by atoms with van der Waals surface area (Å²) >= 11 is 0. The molecular formula is C30H52O. The van der Waals surface area contributed by atoms with E-state index in [0.717, 1.165) is 60.2 Å². The summed E-state index contributed by atoms with van der Waals surface area (Å²) in [5.74, 6) is 7.03. The summed E-state index contributed by atoms with van der Waals surface area (Å²) in [6.07, 6.45) is 15.7. The molecule has 0 heterocycles. The molecular weight excluding hydrogens is 376 g/mol. The van der Waals surface area contributed by atoms with Crippen LogP contribution in [0.2, 0.25) is 0 Å². The van der Waals surface area contributed by atoms with E-state index in [-0.39, 0.29) is 6.10 Å². The first-order valence-corrected chi connectivity index (χ1v) is 14.0. The molecule has 178 valence electrons. The molecule has 8 atom stereocenters. The minimum Gasteiger partial charge on any atom is -0.393 e. The van der Waals surface area contributed by atoms with Crippen molar-refractivity contribution in [3.8, 4) is 0 Å². The predicted octanol–water partition coefficient (Wildman–Crippen LogP) is 8.27. The summed E-state index contributed by atoms with van der Waals surface area (Å²) in [6.45, 7) is 17.6. The van der Waals surface area contributed by atoms with E-state index in [9.17, 15) is 5.11 Å². The second-order valence-corrected chi connectivity index (χ2v) is 13.6. The van der Waals surface area contributed by atoms with Gasteiger partial charge in [0.25, 0.3) is 0 Å². The number of fused-ring (bicyclic) bond motifs is 5. The lowest BCUT2D eigenvalue weighted by atomic mass is 9.47. The van der Waals surface area contributed by atoms with Crippen LogP contribution in [0.25, 0.3) is 0 Å². The van der Waals surface area contributed by atoms with E-state index < -0.39 is 0 Å². The van der Waals surface area contributed by atoms with Crippen LogP contribution in [-0.4, -0.2) is 11.2 Å². The van der Waals surface area contributed by atoms with E-state index in [1.165, 1.54) is 51.4 Å². The van der Waals surface area contributed by atoms with Crippen molar-refractivity contribution in [2.24, 2.45) is 58.2 Å². The molecule has 0 bridgehead atoms. The zero-order chi connectivity index (χ0) is 22.6. The third-order valence-corrected chi connectivity index (χ3v) is 11.5. The largest absolute Gasteiger partial charge is 0.393 e. The fourth-order valence-corrected chi connectivity index (χ4v) is 9.71. The lowest BCUT2D eigenvalue weighted by Gasteiger charge is -2.58. The summed E-state index contributed by atoms with van der Waals surface area (Å²) in [5, 5.41) is 10.3. The first-order chi connectivity index (χ1) is 14.6. The Bertz CT molecular complexity index is 653. The van der Waals surface area contributed by atoms with E-state index in [1.807, 2.05) is 0 Å². The highest BCUT2D eigenvalue weighted by Crippen LogP contribution is 2.67. The molecule has 1 nitrogen and oxygen atoms in total. The second-order valence-electron chi connectivity index (χ2n) is 13.6. The van der Waals surface area contributed by atoms with Gasteiger partial charge in [-0.05, 0) is 116 Å². The molecule has 0 amide bonds. The van der Waals surface area contributed by atoms with Crippen LogP contribution < -0.4 is 0 Å². The highest BCUT2D eigenvalue weighted by atomic mass is 16.3. The summed E-state index contributed by atoms with van der Waals surface area (Å²) in [7, 11) is 0. The molecule has 0 aromatic heterocycles. The highest BCUT2D eigenvalue weighted by Gasteiger charge is 2.59. The lowest BCUT2D eigenvalue weighted by Crippen LogP contribution is -2.50. The minimum absolute atomic E-state index is 0.0815. The number of aliphatic hydroxyl groups excluding tert-OH is 1. The Labute approximate surface area is 193 Å².